The second-order valence-electron chi connectivity index (χ2n) is 5.81. The van der Waals surface area contributed by atoms with Gasteiger partial charge in [0, 0.05) is 26.2 Å². The monoisotopic (exact) mass is 238 g/mol. The van der Waals surface area contributed by atoms with Crippen molar-refractivity contribution in [1.82, 2.24) is 9.80 Å². The van der Waals surface area contributed by atoms with E-state index in [-0.39, 0.29) is 6.03 Å². The van der Waals surface area contributed by atoms with Crippen molar-refractivity contribution in [2.75, 3.05) is 26.2 Å². The summed E-state index contributed by atoms with van der Waals surface area (Å²) in [6.45, 7) is 8.12. The Morgan fingerprint density at radius 1 is 1.29 bits per heavy atom. The van der Waals surface area contributed by atoms with Crippen molar-refractivity contribution < 1.29 is 4.79 Å². The molecule has 1 heterocycles. The van der Waals surface area contributed by atoms with Gasteiger partial charge in [-0.2, -0.15) is 0 Å². The van der Waals surface area contributed by atoms with Crippen molar-refractivity contribution in [2.24, 2.45) is 11.8 Å². The summed E-state index contributed by atoms with van der Waals surface area (Å²) in [6.07, 6.45) is 6.45. The largest absolute Gasteiger partial charge is 0.325 e. The number of urea groups is 1. The number of nitrogens with zero attached hydrogens (tertiary/aromatic N) is 2. The van der Waals surface area contributed by atoms with E-state index in [0.29, 0.717) is 5.92 Å². The summed E-state index contributed by atoms with van der Waals surface area (Å²) >= 11 is 0. The van der Waals surface area contributed by atoms with E-state index >= 15 is 0 Å². The van der Waals surface area contributed by atoms with E-state index in [0.717, 1.165) is 32.1 Å². The molecular formula is C14H26N2O. The van der Waals surface area contributed by atoms with Crippen molar-refractivity contribution >= 4 is 6.03 Å². The average molecular weight is 238 g/mol. The lowest BCUT2D eigenvalue weighted by Crippen LogP contribution is -2.49. The number of carbonyl (C=O) groups excluding carboxylic acids is 1. The maximum Gasteiger partial charge on any atom is 0.320 e. The van der Waals surface area contributed by atoms with Gasteiger partial charge in [0.25, 0.3) is 0 Å². The maximum atomic E-state index is 12.4. The zero-order valence-corrected chi connectivity index (χ0v) is 11.3. The van der Waals surface area contributed by atoms with Crippen LogP contribution >= 0.6 is 0 Å². The number of amides is 2. The van der Waals surface area contributed by atoms with Gasteiger partial charge in [0.1, 0.15) is 0 Å². The molecule has 2 aliphatic rings. The van der Waals surface area contributed by atoms with Crippen LogP contribution in [-0.2, 0) is 0 Å². The summed E-state index contributed by atoms with van der Waals surface area (Å²) in [4.78, 5) is 16.5. The van der Waals surface area contributed by atoms with Crippen molar-refractivity contribution in [2.45, 2.75) is 46.0 Å². The molecule has 1 aliphatic carbocycles. The van der Waals surface area contributed by atoms with Crippen LogP contribution in [-0.4, -0.2) is 42.0 Å². The number of piperidine rings is 1. The molecule has 0 aromatic carbocycles. The van der Waals surface area contributed by atoms with Gasteiger partial charge in [0.15, 0.2) is 0 Å². The van der Waals surface area contributed by atoms with Crippen molar-refractivity contribution in [3.8, 4) is 0 Å². The molecule has 0 bridgehead atoms. The Morgan fingerprint density at radius 2 is 2.06 bits per heavy atom. The van der Waals surface area contributed by atoms with Gasteiger partial charge in [0.2, 0.25) is 0 Å². The molecule has 1 unspecified atom stereocenters. The molecule has 1 atom stereocenters. The van der Waals surface area contributed by atoms with Crippen molar-refractivity contribution in [1.29, 1.82) is 0 Å². The fraction of sp³-hybridized carbons (Fsp3) is 0.929. The molecule has 0 aromatic heterocycles. The van der Waals surface area contributed by atoms with Gasteiger partial charge in [-0.05, 0) is 44.4 Å². The fourth-order valence-corrected chi connectivity index (χ4v) is 2.89. The first-order valence-electron chi connectivity index (χ1n) is 7.24. The van der Waals surface area contributed by atoms with Gasteiger partial charge in [-0.1, -0.05) is 13.3 Å². The van der Waals surface area contributed by atoms with Gasteiger partial charge in [-0.15, -0.1) is 0 Å². The highest BCUT2D eigenvalue weighted by atomic mass is 16.2. The number of hydrogen-bond acceptors (Lipinski definition) is 1. The number of hydrogen-bond donors (Lipinski definition) is 0. The molecular weight excluding hydrogens is 212 g/mol. The van der Waals surface area contributed by atoms with Gasteiger partial charge < -0.3 is 9.80 Å². The molecule has 2 fully saturated rings. The Labute approximate surface area is 105 Å². The van der Waals surface area contributed by atoms with E-state index in [1.807, 2.05) is 0 Å². The van der Waals surface area contributed by atoms with Gasteiger partial charge in [-0.25, -0.2) is 4.79 Å². The summed E-state index contributed by atoms with van der Waals surface area (Å²) < 4.78 is 0. The number of carbonyl (C=O) groups is 1. The number of rotatable bonds is 3. The maximum absolute atomic E-state index is 12.4. The second-order valence-corrected chi connectivity index (χ2v) is 5.81. The summed E-state index contributed by atoms with van der Waals surface area (Å²) in [7, 11) is 0. The first-order chi connectivity index (χ1) is 8.20. The molecule has 3 nitrogen and oxygen atoms in total. The molecule has 3 heteroatoms. The fourth-order valence-electron chi connectivity index (χ4n) is 2.89. The SMILES string of the molecule is CCN(CC1CCC1)C(=O)N1CCCC(C)C1. The highest BCUT2D eigenvalue weighted by molar-refractivity contribution is 5.74. The zero-order chi connectivity index (χ0) is 12.3. The van der Waals surface area contributed by atoms with E-state index in [9.17, 15) is 4.79 Å². The minimum atomic E-state index is 0.283. The molecule has 0 N–H and O–H groups in total. The summed E-state index contributed by atoms with van der Waals surface area (Å²) in [5.41, 5.74) is 0. The standard InChI is InChI=1S/C14H26N2O/c1-3-15(11-13-7-4-8-13)14(17)16-9-5-6-12(2)10-16/h12-13H,3-11H2,1-2H3. The molecule has 2 amide bonds. The van der Waals surface area contributed by atoms with E-state index in [2.05, 4.69) is 23.6 Å². The highest BCUT2D eigenvalue weighted by Gasteiger charge is 2.27. The van der Waals surface area contributed by atoms with Crippen LogP contribution in [0.25, 0.3) is 0 Å². The van der Waals surface area contributed by atoms with Gasteiger partial charge in [-0.3, -0.25) is 0 Å². The van der Waals surface area contributed by atoms with Crippen LogP contribution in [0.3, 0.4) is 0 Å². The second kappa shape index (κ2) is 5.74. The third-order valence-corrected chi connectivity index (χ3v) is 4.28. The summed E-state index contributed by atoms with van der Waals surface area (Å²) in [5, 5.41) is 0. The van der Waals surface area contributed by atoms with Gasteiger partial charge in [0.05, 0.1) is 0 Å². The normalized spacial score (nSPS) is 25.5. The molecule has 17 heavy (non-hydrogen) atoms. The third kappa shape index (κ3) is 3.14. The number of likely N-dealkylation sites (tertiary alicyclic amines) is 1. The van der Waals surface area contributed by atoms with E-state index in [1.54, 1.807) is 0 Å². The van der Waals surface area contributed by atoms with Crippen LogP contribution in [0.2, 0.25) is 0 Å². The Hall–Kier alpha value is -0.730. The Kier molecular flexibility index (Phi) is 4.30. The first kappa shape index (κ1) is 12.7. The summed E-state index contributed by atoms with van der Waals surface area (Å²) in [5.74, 6) is 1.45. The van der Waals surface area contributed by atoms with Crippen LogP contribution < -0.4 is 0 Å². The van der Waals surface area contributed by atoms with Gasteiger partial charge >= 0.3 is 6.03 Å². The minimum Gasteiger partial charge on any atom is -0.325 e. The lowest BCUT2D eigenvalue weighted by molar-refractivity contribution is 0.118. The molecule has 1 aliphatic heterocycles. The molecule has 1 saturated carbocycles. The average Bonchev–Trinajstić information content (AvgIpc) is 2.27. The molecule has 1 saturated heterocycles. The minimum absolute atomic E-state index is 0.283. The summed E-state index contributed by atoms with van der Waals surface area (Å²) in [6, 6.07) is 0.283. The lowest BCUT2D eigenvalue weighted by atomic mass is 9.85. The highest BCUT2D eigenvalue weighted by Crippen LogP contribution is 2.27. The molecule has 98 valence electrons. The van der Waals surface area contributed by atoms with Crippen LogP contribution in [0.1, 0.15) is 46.0 Å². The Morgan fingerprint density at radius 3 is 2.59 bits per heavy atom. The van der Waals surface area contributed by atoms with Crippen molar-refractivity contribution in [3.63, 3.8) is 0 Å². The molecule has 0 aromatic rings. The smallest absolute Gasteiger partial charge is 0.320 e. The van der Waals surface area contributed by atoms with Crippen molar-refractivity contribution in [3.05, 3.63) is 0 Å². The molecule has 0 spiro atoms. The predicted molar refractivity (Wildman–Crippen MR) is 70.0 cm³/mol. The van der Waals surface area contributed by atoms with E-state index in [1.165, 1.54) is 32.1 Å². The lowest BCUT2D eigenvalue weighted by Gasteiger charge is -2.38. The van der Waals surface area contributed by atoms with Crippen LogP contribution in [0, 0.1) is 11.8 Å². The first-order valence-corrected chi connectivity index (χ1v) is 7.24. The molecule has 2 rings (SSSR count). The van der Waals surface area contributed by atoms with E-state index < -0.39 is 0 Å². The Bertz CT molecular complexity index is 263. The third-order valence-electron chi connectivity index (χ3n) is 4.28. The van der Waals surface area contributed by atoms with Crippen LogP contribution in [0.5, 0.6) is 0 Å². The Balaban J connectivity index is 1.86. The van der Waals surface area contributed by atoms with Crippen LogP contribution in [0.4, 0.5) is 4.79 Å². The topological polar surface area (TPSA) is 23.6 Å². The quantitative estimate of drug-likeness (QED) is 0.741. The molecule has 0 radical (unpaired) electrons. The zero-order valence-electron chi connectivity index (χ0n) is 11.3. The predicted octanol–water partition coefficient (Wildman–Crippen LogP) is 2.96. The van der Waals surface area contributed by atoms with Crippen LogP contribution in [0.15, 0.2) is 0 Å². The van der Waals surface area contributed by atoms with E-state index in [4.69, 9.17) is 0 Å².